The van der Waals surface area contributed by atoms with Crippen molar-refractivity contribution < 1.29 is 30.0 Å². The zero-order valence-electron chi connectivity index (χ0n) is 20.3. The number of aromatic hydroxyl groups is 4. The molecule has 0 radical (unpaired) electrons. The van der Waals surface area contributed by atoms with Gasteiger partial charge in [-0.15, -0.1) is 0 Å². The number of ether oxygens (including phenoxy) is 1. The number of hydrogen-bond acceptors (Lipinski definition) is 6. The fourth-order valence-corrected chi connectivity index (χ4v) is 4.06. The maximum Gasteiger partial charge on any atom is 0.340 e. The number of hydrogen-bond donors (Lipinski definition) is 4. The summed E-state index contributed by atoms with van der Waals surface area (Å²) in [6.45, 7) is 0. The molecule has 1 aliphatic rings. The summed E-state index contributed by atoms with van der Waals surface area (Å²) < 4.78 is 5.87. The van der Waals surface area contributed by atoms with Crippen LogP contribution in [0.2, 0.25) is 0 Å². The van der Waals surface area contributed by atoms with E-state index in [1.807, 2.05) is 24.3 Å². The molecule has 0 unspecified atom stereocenters. The van der Waals surface area contributed by atoms with Gasteiger partial charge in [-0.1, -0.05) is 78.9 Å². The van der Waals surface area contributed by atoms with Gasteiger partial charge in [0, 0.05) is 16.7 Å². The number of para-hydroxylation sites is 2. The fraction of sp³-hybridized carbons (Fsp3) is 0.0312. The van der Waals surface area contributed by atoms with Crippen molar-refractivity contribution in [2.24, 2.45) is 0 Å². The molecule has 0 saturated heterocycles. The third-order valence-corrected chi connectivity index (χ3v) is 5.83. The van der Waals surface area contributed by atoms with Crippen LogP contribution in [-0.2, 0) is 10.3 Å². The Bertz CT molecular complexity index is 1380. The van der Waals surface area contributed by atoms with Crippen molar-refractivity contribution >= 4 is 5.97 Å². The normalized spacial score (nSPS) is 12.6. The first kappa shape index (κ1) is 25.9. The van der Waals surface area contributed by atoms with E-state index in [9.17, 15) is 15.0 Å². The molecule has 1 aliphatic heterocycles. The van der Waals surface area contributed by atoms with Gasteiger partial charge in [-0.3, -0.25) is 0 Å². The minimum atomic E-state index is -1.10. The van der Waals surface area contributed by atoms with Gasteiger partial charge in [-0.25, -0.2) is 4.79 Å². The van der Waals surface area contributed by atoms with Gasteiger partial charge in [0.2, 0.25) is 0 Å². The van der Waals surface area contributed by atoms with Crippen molar-refractivity contribution in [1.82, 2.24) is 0 Å². The lowest BCUT2D eigenvalue weighted by Gasteiger charge is -2.30. The number of fused-ring (bicyclic) bond motifs is 1. The Morgan fingerprint density at radius 2 is 0.816 bits per heavy atom. The molecule has 5 aromatic rings. The second kappa shape index (κ2) is 11.7. The lowest BCUT2D eigenvalue weighted by atomic mass is 9.80. The molecule has 0 fully saturated rings. The first-order valence-corrected chi connectivity index (χ1v) is 11.8. The Kier molecular flexibility index (Phi) is 7.94. The highest BCUT2D eigenvalue weighted by atomic mass is 16.6. The van der Waals surface area contributed by atoms with Crippen LogP contribution < -0.4 is 0 Å². The molecule has 0 aromatic heterocycles. The van der Waals surface area contributed by atoms with Crippen LogP contribution >= 0.6 is 0 Å². The third kappa shape index (κ3) is 5.77. The number of phenols is 4. The lowest BCUT2D eigenvalue weighted by molar-refractivity contribution is 0.0251. The Hall–Kier alpha value is -5.23. The summed E-state index contributed by atoms with van der Waals surface area (Å²) in [5, 5.41) is 36.5. The first-order chi connectivity index (χ1) is 18.4. The Balaban J connectivity index is 0.000000195. The summed E-state index contributed by atoms with van der Waals surface area (Å²) in [5.74, 6) is 0.520. The largest absolute Gasteiger partial charge is 0.508 e. The molecule has 6 nitrogen and oxygen atoms in total. The van der Waals surface area contributed by atoms with E-state index in [0.717, 1.165) is 16.7 Å². The number of cyclic esters (lactones) is 1. The Morgan fingerprint density at radius 3 is 1.21 bits per heavy atom. The number of rotatable bonds is 2. The van der Waals surface area contributed by atoms with Crippen molar-refractivity contribution in [2.45, 2.75) is 5.60 Å². The maximum atomic E-state index is 12.4. The molecule has 6 heteroatoms. The Labute approximate surface area is 220 Å². The van der Waals surface area contributed by atoms with Gasteiger partial charge >= 0.3 is 5.97 Å². The molecule has 1 heterocycles. The lowest BCUT2D eigenvalue weighted by Crippen LogP contribution is -2.29. The SMILES string of the molecule is O=C1OC(c2ccc(O)cc2)(c2ccc(O)cc2)c2ccccc21.Oc1ccccc1.Oc1ccccc1. The summed E-state index contributed by atoms with van der Waals surface area (Å²) in [6.07, 6.45) is 0. The zero-order valence-corrected chi connectivity index (χ0v) is 20.3. The van der Waals surface area contributed by atoms with Crippen molar-refractivity contribution in [3.05, 3.63) is 156 Å². The minimum absolute atomic E-state index is 0.136. The average molecular weight is 507 g/mol. The molecule has 0 atom stereocenters. The van der Waals surface area contributed by atoms with Crippen molar-refractivity contribution in [3.8, 4) is 23.0 Å². The maximum absolute atomic E-state index is 12.4. The second-order valence-corrected chi connectivity index (χ2v) is 8.38. The molecule has 6 rings (SSSR count). The van der Waals surface area contributed by atoms with Crippen LogP contribution in [-0.4, -0.2) is 26.4 Å². The molecule has 0 saturated carbocycles. The molecule has 0 amide bonds. The van der Waals surface area contributed by atoms with Crippen LogP contribution in [0, 0.1) is 0 Å². The molecule has 190 valence electrons. The molecule has 5 aromatic carbocycles. The molecule has 0 aliphatic carbocycles. The summed E-state index contributed by atoms with van der Waals surface area (Å²) in [6, 6.07) is 37.9. The zero-order chi connectivity index (χ0) is 27.0. The minimum Gasteiger partial charge on any atom is -0.508 e. The predicted octanol–water partition coefficient (Wildman–Crippen LogP) is 6.34. The highest BCUT2D eigenvalue weighted by molar-refractivity contribution is 5.96. The van der Waals surface area contributed by atoms with E-state index in [1.165, 1.54) is 0 Å². The fourth-order valence-electron chi connectivity index (χ4n) is 4.06. The highest BCUT2D eigenvalue weighted by Crippen LogP contribution is 2.47. The van der Waals surface area contributed by atoms with E-state index in [4.69, 9.17) is 14.9 Å². The Morgan fingerprint density at radius 1 is 0.447 bits per heavy atom. The van der Waals surface area contributed by atoms with Gasteiger partial charge in [-0.2, -0.15) is 0 Å². The van der Waals surface area contributed by atoms with E-state index in [1.54, 1.807) is 109 Å². The van der Waals surface area contributed by atoms with Gasteiger partial charge in [0.15, 0.2) is 5.60 Å². The summed E-state index contributed by atoms with van der Waals surface area (Å²) in [4.78, 5) is 12.4. The molecule has 0 spiro atoms. The van der Waals surface area contributed by atoms with E-state index < -0.39 is 11.6 Å². The van der Waals surface area contributed by atoms with Crippen LogP contribution in [0.25, 0.3) is 0 Å². The number of benzene rings is 5. The molecule has 4 N–H and O–H groups in total. The van der Waals surface area contributed by atoms with Crippen LogP contribution in [0.15, 0.2) is 133 Å². The number of phenolic OH excluding ortho intramolecular Hbond substituents is 4. The smallest absolute Gasteiger partial charge is 0.340 e. The number of carbonyl (C=O) groups is 1. The third-order valence-electron chi connectivity index (χ3n) is 5.83. The van der Waals surface area contributed by atoms with E-state index >= 15 is 0 Å². The van der Waals surface area contributed by atoms with Gasteiger partial charge in [0.25, 0.3) is 0 Å². The molecular formula is C32H26O6. The second-order valence-electron chi connectivity index (χ2n) is 8.38. The molecule has 38 heavy (non-hydrogen) atoms. The highest BCUT2D eigenvalue weighted by Gasteiger charge is 2.48. The van der Waals surface area contributed by atoms with E-state index in [-0.39, 0.29) is 11.5 Å². The van der Waals surface area contributed by atoms with Crippen LogP contribution in [0.1, 0.15) is 27.0 Å². The van der Waals surface area contributed by atoms with E-state index in [2.05, 4.69) is 0 Å². The van der Waals surface area contributed by atoms with Gasteiger partial charge in [0.1, 0.15) is 23.0 Å². The van der Waals surface area contributed by atoms with E-state index in [0.29, 0.717) is 17.1 Å². The summed E-state index contributed by atoms with van der Waals surface area (Å²) in [5.41, 5.74) is 1.60. The first-order valence-electron chi connectivity index (χ1n) is 11.8. The monoisotopic (exact) mass is 506 g/mol. The van der Waals surface area contributed by atoms with Crippen molar-refractivity contribution in [3.63, 3.8) is 0 Å². The molecular weight excluding hydrogens is 480 g/mol. The quantitative estimate of drug-likeness (QED) is 0.208. The summed E-state index contributed by atoms with van der Waals surface area (Å²) >= 11 is 0. The van der Waals surface area contributed by atoms with Crippen molar-refractivity contribution in [2.75, 3.05) is 0 Å². The van der Waals surface area contributed by atoms with Gasteiger partial charge < -0.3 is 25.2 Å². The number of carbonyl (C=O) groups excluding carboxylic acids is 1. The van der Waals surface area contributed by atoms with Gasteiger partial charge in [-0.05, 0) is 54.6 Å². The standard InChI is InChI=1S/C20H14O4.2C6H6O/c21-15-9-5-13(6-10-15)20(14-7-11-16(22)12-8-14)18-4-2-1-3-17(18)19(23)24-20;2*7-6-4-2-1-3-5-6/h1-12,21-22H;2*1-5,7H. The number of esters is 1. The van der Waals surface area contributed by atoms with Crippen molar-refractivity contribution in [1.29, 1.82) is 0 Å². The van der Waals surface area contributed by atoms with Gasteiger partial charge in [0.05, 0.1) is 5.56 Å². The average Bonchev–Trinajstić information content (AvgIpc) is 3.24. The summed E-state index contributed by atoms with van der Waals surface area (Å²) in [7, 11) is 0. The topological polar surface area (TPSA) is 107 Å². The van der Waals surface area contributed by atoms with Crippen LogP contribution in [0.3, 0.4) is 0 Å². The predicted molar refractivity (Wildman–Crippen MR) is 144 cm³/mol. The van der Waals surface area contributed by atoms with Crippen LogP contribution in [0.4, 0.5) is 0 Å². The molecule has 0 bridgehead atoms. The van der Waals surface area contributed by atoms with Crippen LogP contribution in [0.5, 0.6) is 23.0 Å².